The number of ether oxygens (including phenoxy) is 1. The maximum atomic E-state index is 12.6. The Morgan fingerprint density at radius 3 is 2.63 bits per heavy atom. The molecule has 4 fully saturated rings. The van der Waals surface area contributed by atoms with E-state index in [0.717, 1.165) is 38.8 Å². The van der Waals surface area contributed by atoms with Gasteiger partial charge < -0.3 is 15.0 Å². The number of hydrogen-bond acceptors (Lipinski definition) is 5. The van der Waals surface area contributed by atoms with Crippen molar-refractivity contribution < 1.29 is 9.53 Å². The van der Waals surface area contributed by atoms with E-state index in [1.54, 1.807) is 0 Å². The summed E-state index contributed by atoms with van der Waals surface area (Å²) in [6, 6.07) is 14.4. The lowest BCUT2D eigenvalue weighted by molar-refractivity contribution is -0.157. The number of rotatable bonds is 6. The average Bonchev–Trinajstić information content (AvgIpc) is 3.29. The summed E-state index contributed by atoms with van der Waals surface area (Å²) >= 11 is 0. The summed E-state index contributed by atoms with van der Waals surface area (Å²) in [7, 11) is 0. The van der Waals surface area contributed by atoms with Crippen molar-refractivity contribution in [1.29, 1.82) is 5.26 Å². The molecule has 0 bridgehead atoms. The van der Waals surface area contributed by atoms with Crippen LogP contribution in [0.3, 0.4) is 0 Å². The van der Waals surface area contributed by atoms with Gasteiger partial charge in [-0.3, -0.25) is 9.69 Å². The van der Waals surface area contributed by atoms with Crippen molar-refractivity contribution in [3.8, 4) is 6.07 Å². The van der Waals surface area contributed by atoms with Gasteiger partial charge in [-0.1, -0.05) is 30.3 Å². The van der Waals surface area contributed by atoms with Crippen molar-refractivity contribution in [3.63, 3.8) is 0 Å². The van der Waals surface area contributed by atoms with Crippen LogP contribution in [0, 0.1) is 11.3 Å². The van der Waals surface area contributed by atoms with Gasteiger partial charge >= 0.3 is 0 Å². The lowest BCUT2D eigenvalue weighted by Gasteiger charge is -2.56. The second-order valence-electron chi connectivity index (χ2n) is 9.54. The molecular formula is C24H32N4O2. The fourth-order valence-corrected chi connectivity index (χ4v) is 5.64. The highest BCUT2D eigenvalue weighted by molar-refractivity contribution is 5.82. The van der Waals surface area contributed by atoms with Crippen molar-refractivity contribution in [1.82, 2.24) is 15.1 Å². The van der Waals surface area contributed by atoms with Gasteiger partial charge in [0.25, 0.3) is 5.91 Å². The summed E-state index contributed by atoms with van der Waals surface area (Å²) in [5.74, 6) is 0.788. The molecule has 0 radical (unpaired) electrons. The minimum absolute atomic E-state index is 0.123. The molecule has 1 N–H and O–H groups in total. The molecule has 3 saturated heterocycles. The van der Waals surface area contributed by atoms with Crippen LogP contribution in [0.1, 0.15) is 50.0 Å². The number of likely N-dealkylation sites (tertiary alicyclic amines) is 2. The number of amides is 1. The van der Waals surface area contributed by atoms with E-state index in [9.17, 15) is 10.1 Å². The van der Waals surface area contributed by atoms with Crippen LogP contribution in [-0.2, 0) is 9.53 Å². The number of carbonyl (C=O) groups excluding carboxylic acids is 1. The van der Waals surface area contributed by atoms with E-state index >= 15 is 0 Å². The van der Waals surface area contributed by atoms with Crippen LogP contribution < -0.4 is 5.32 Å². The monoisotopic (exact) mass is 408 g/mol. The second kappa shape index (κ2) is 8.30. The number of nitrogens with one attached hydrogen (secondary N) is 1. The third kappa shape index (κ3) is 3.87. The molecule has 2 unspecified atom stereocenters. The molecule has 1 aromatic rings. The summed E-state index contributed by atoms with van der Waals surface area (Å²) in [4.78, 5) is 17.0. The Morgan fingerprint density at radius 1 is 1.20 bits per heavy atom. The fraction of sp³-hybridized carbons (Fsp3) is 0.667. The van der Waals surface area contributed by atoms with Crippen LogP contribution in [0.15, 0.2) is 30.3 Å². The van der Waals surface area contributed by atoms with Gasteiger partial charge in [-0.15, -0.1) is 0 Å². The largest absolute Gasteiger partial charge is 0.368 e. The van der Waals surface area contributed by atoms with Crippen LogP contribution in [-0.4, -0.2) is 72.2 Å². The van der Waals surface area contributed by atoms with Crippen LogP contribution in [0.5, 0.6) is 0 Å². The van der Waals surface area contributed by atoms with Gasteiger partial charge in [-0.25, -0.2) is 0 Å². The summed E-state index contributed by atoms with van der Waals surface area (Å²) < 4.78 is 5.56. The minimum Gasteiger partial charge on any atom is -0.368 e. The minimum atomic E-state index is -0.254. The van der Waals surface area contributed by atoms with Gasteiger partial charge in [-0.2, -0.15) is 5.26 Å². The van der Waals surface area contributed by atoms with Gasteiger partial charge in [-0.05, 0) is 37.7 Å². The average molecular weight is 409 g/mol. The Labute approximate surface area is 179 Å². The highest BCUT2D eigenvalue weighted by Gasteiger charge is 2.51. The lowest BCUT2D eigenvalue weighted by atomic mass is 9.82. The number of nitrogens with zero attached hydrogens (tertiary/aromatic N) is 3. The van der Waals surface area contributed by atoms with Gasteiger partial charge in [0, 0.05) is 50.8 Å². The molecule has 6 heteroatoms. The fourth-order valence-electron chi connectivity index (χ4n) is 5.64. The quantitative estimate of drug-likeness (QED) is 0.782. The Bertz CT molecular complexity index is 787. The zero-order valence-corrected chi connectivity index (χ0v) is 17.6. The van der Waals surface area contributed by atoms with Crippen LogP contribution >= 0.6 is 0 Å². The Morgan fingerprint density at radius 2 is 1.97 bits per heavy atom. The van der Waals surface area contributed by atoms with Gasteiger partial charge in [0.2, 0.25) is 0 Å². The van der Waals surface area contributed by atoms with E-state index in [1.165, 1.54) is 12.0 Å². The summed E-state index contributed by atoms with van der Waals surface area (Å²) in [6.07, 6.45) is 5.52. The number of piperidine rings is 1. The molecule has 1 aliphatic carbocycles. The first-order valence-corrected chi connectivity index (χ1v) is 11.5. The number of hydrogen-bond donors (Lipinski definition) is 1. The van der Waals surface area contributed by atoms with Crippen molar-refractivity contribution in [2.75, 3.05) is 32.8 Å². The van der Waals surface area contributed by atoms with Gasteiger partial charge in [0.05, 0.1) is 18.0 Å². The van der Waals surface area contributed by atoms with Gasteiger partial charge in [0.15, 0.2) is 0 Å². The third-order valence-electron chi connectivity index (χ3n) is 7.53. The molecule has 160 valence electrons. The molecule has 1 amide bonds. The number of benzene rings is 1. The number of nitriles is 1. The molecule has 4 aliphatic rings. The first-order chi connectivity index (χ1) is 14.7. The summed E-state index contributed by atoms with van der Waals surface area (Å²) in [5.41, 5.74) is 1.30. The second-order valence-corrected chi connectivity index (χ2v) is 9.54. The van der Waals surface area contributed by atoms with E-state index in [-0.39, 0.29) is 17.6 Å². The number of carbonyl (C=O) groups is 1. The molecule has 6 nitrogen and oxygen atoms in total. The third-order valence-corrected chi connectivity index (χ3v) is 7.53. The molecule has 3 atom stereocenters. The molecular weight excluding hydrogens is 376 g/mol. The molecule has 3 aliphatic heterocycles. The van der Waals surface area contributed by atoms with Crippen LogP contribution in [0.25, 0.3) is 0 Å². The van der Waals surface area contributed by atoms with Crippen LogP contribution in [0.4, 0.5) is 0 Å². The van der Waals surface area contributed by atoms with E-state index in [0.29, 0.717) is 44.1 Å². The zero-order valence-electron chi connectivity index (χ0n) is 17.6. The molecule has 1 aromatic carbocycles. The normalized spacial score (nSPS) is 31.2. The summed E-state index contributed by atoms with van der Waals surface area (Å²) in [5, 5.41) is 13.3. The first-order valence-electron chi connectivity index (χ1n) is 11.5. The SMILES string of the molecule is N#CCC1(N2CCC(N[C@@H]3CC3c3ccccc3)CC2)CN(C(=O)C2CCCO2)C1. The molecule has 1 saturated carbocycles. The molecule has 0 aromatic heterocycles. The highest BCUT2D eigenvalue weighted by Crippen LogP contribution is 2.42. The molecule has 3 heterocycles. The maximum Gasteiger partial charge on any atom is 0.251 e. The maximum absolute atomic E-state index is 12.6. The van der Waals surface area contributed by atoms with E-state index in [2.05, 4.69) is 46.6 Å². The Hall–Kier alpha value is -1.94. The van der Waals surface area contributed by atoms with E-state index < -0.39 is 0 Å². The first kappa shape index (κ1) is 20.0. The standard InChI is InChI=1S/C24H32N4O2/c25-11-10-24(16-27(17-24)23(29)22-7-4-14-30-22)28-12-8-19(9-13-28)26-21-15-20(21)18-5-2-1-3-6-18/h1-3,5-6,19-22,26H,4,7-10,12-17H2/t20?,21-,22?/m1/s1. The Kier molecular flexibility index (Phi) is 5.53. The molecule has 30 heavy (non-hydrogen) atoms. The molecule has 5 rings (SSSR count). The Balaban J connectivity index is 1.11. The molecule has 0 spiro atoms. The summed E-state index contributed by atoms with van der Waals surface area (Å²) in [6.45, 7) is 4.06. The van der Waals surface area contributed by atoms with Crippen molar-refractivity contribution in [3.05, 3.63) is 35.9 Å². The zero-order chi connectivity index (χ0) is 20.6. The van der Waals surface area contributed by atoms with E-state index in [1.807, 2.05) is 4.90 Å². The predicted molar refractivity (Wildman–Crippen MR) is 114 cm³/mol. The van der Waals surface area contributed by atoms with Crippen molar-refractivity contribution in [2.24, 2.45) is 0 Å². The topological polar surface area (TPSA) is 68.6 Å². The smallest absolute Gasteiger partial charge is 0.251 e. The van der Waals surface area contributed by atoms with E-state index in [4.69, 9.17) is 4.74 Å². The van der Waals surface area contributed by atoms with Gasteiger partial charge in [0.1, 0.15) is 6.10 Å². The van der Waals surface area contributed by atoms with Crippen molar-refractivity contribution in [2.45, 2.75) is 68.2 Å². The predicted octanol–water partition coefficient (Wildman–Crippen LogP) is 2.27. The highest BCUT2D eigenvalue weighted by atomic mass is 16.5. The van der Waals surface area contributed by atoms with Crippen LogP contribution in [0.2, 0.25) is 0 Å². The van der Waals surface area contributed by atoms with Crippen molar-refractivity contribution >= 4 is 5.91 Å². The lowest BCUT2D eigenvalue weighted by Crippen LogP contribution is -2.73.